The largest absolute Gasteiger partial charge is 0.457 e. The number of rotatable bonds is 7. The van der Waals surface area contributed by atoms with Crippen LogP contribution in [0.4, 0.5) is 0 Å². The van der Waals surface area contributed by atoms with Gasteiger partial charge in [-0.3, -0.25) is 0 Å². The summed E-state index contributed by atoms with van der Waals surface area (Å²) in [5.41, 5.74) is 2.52. The predicted molar refractivity (Wildman–Crippen MR) is 122 cm³/mol. The molecule has 0 radical (unpaired) electrons. The van der Waals surface area contributed by atoms with Crippen molar-refractivity contribution in [3.63, 3.8) is 0 Å². The summed E-state index contributed by atoms with van der Waals surface area (Å²) in [5, 5.41) is 0.698. The highest BCUT2D eigenvalue weighted by Gasteiger charge is 2.21. The minimum Gasteiger partial charge on any atom is -0.457 e. The van der Waals surface area contributed by atoms with Gasteiger partial charge in [0.25, 0.3) is 0 Å². The van der Waals surface area contributed by atoms with Crippen LogP contribution in [0, 0.1) is 13.8 Å². The van der Waals surface area contributed by atoms with Gasteiger partial charge in [-0.25, -0.2) is 22.7 Å². The van der Waals surface area contributed by atoms with E-state index in [2.05, 4.69) is 4.72 Å². The van der Waals surface area contributed by atoms with Crippen LogP contribution in [0.1, 0.15) is 39.9 Å². The quantitative estimate of drug-likeness (QED) is 0.416. The van der Waals surface area contributed by atoms with Crippen molar-refractivity contribution in [1.82, 2.24) is 4.72 Å². The van der Waals surface area contributed by atoms with E-state index in [-0.39, 0.29) is 29.7 Å². The molecule has 0 spiro atoms. The summed E-state index contributed by atoms with van der Waals surface area (Å²) >= 11 is 0. The van der Waals surface area contributed by atoms with E-state index in [9.17, 15) is 18.0 Å². The number of esters is 1. The summed E-state index contributed by atoms with van der Waals surface area (Å²) in [4.78, 5) is 24.5. The number of hydrogen-bond acceptors (Lipinski definition) is 7. The molecule has 0 aliphatic carbocycles. The molecule has 2 aromatic carbocycles. The van der Waals surface area contributed by atoms with Crippen LogP contribution in [0.3, 0.4) is 0 Å². The second kappa shape index (κ2) is 9.46. The molecule has 0 saturated carbocycles. The molecule has 0 bridgehead atoms. The summed E-state index contributed by atoms with van der Waals surface area (Å²) in [6, 6.07) is 10.5. The Morgan fingerprint density at radius 3 is 2.61 bits per heavy atom. The first-order valence-electron chi connectivity index (χ1n) is 10.7. The number of carbonyl (C=O) groups is 1. The van der Waals surface area contributed by atoms with Crippen molar-refractivity contribution < 1.29 is 27.1 Å². The number of aryl methyl sites for hydroxylation is 2. The summed E-state index contributed by atoms with van der Waals surface area (Å²) in [6.07, 6.45) is 1.63. The molecule has 1 aromatic heterocycles. The molecule has 0 unspecified atom stereocenters. The maximum atomic E-state index is 12.5. The Morgan fingerprint density at radius 2 is 1.91 bits per heavy atom. The fourth-order valence-electron chi connectivity index (χ4n) is 3.73. The number of carbonyl (C=O) groups excluding carboxylic acids is 1. The zero-order valence-corrected chi connectivity index (χ0v) is 19.2. The van der Waals surface area contributed by atoms with Gasteiger partial charge in [-0.05, 0) is 62.1 Å². The topological polar surface area (TPSA) is 112 Å². The molecule has 1 aliphatic heterocycles. The van der Waals surface area contributed by atoms with Gasteiger partial charge in [-0.1, -0.05) is 12.1 Å². The Morgan fingerprint density at radius 1 is 1.15 bits per heavy atom. The van der Waals surface area contributed by atoms with Crippen LogP contribution in [0.15, 0.2) is 56.6 Å². The SMILES string of the molecule is Cc1ccc2c(COC(=O)c3ccc(S(=O)(=O)NC[C@H]4CCCO4)cc3)cc(=O)oc2c1C. The predicted octanol–water partition coefficient (Wildman–Crippen LogP) is 3.22. The maximum Gasteiger partial charge on any atom is 0.338 e. The van der Waals surface area contributed by atoms with Crippen LogP contribution in [0.5, 0.6) is 0 Å². The number of fused-ring (bicyclic) bond motifs is 1. The van der Waals surface area contributed by atoms with Crippen molar-refractivity contribution >= 4 is 27.0 Å². The minimum atomic E-state index is -3.71. The van der Waals surface area contributed by atoms with Crippen molar-refractivity contribution in [3.05, 3.63) is 75.1 Å². The smallest absolute Gasteiger partial charge is 0.338 e. The second-order valence-corrected chi connectivity index (χ2v) is 9.83. The summed E-state index contributed by atoms with van der Waals surface area (Å²) in [7, 11) is -3.71. The third-order valence-corrected chi connectivity index (χ3v) is 7.24. The zero-order chi connectivity index (χ0) is 23.6. The van der Waals surface area contributed by atoms with Crippen LogP contribution in [-0.2, 0) is 26.1 Å². The summed E-state index contributed by atoms with van der Waals surface area (Å²) in [6.45, 7) is 4.52. The highest BCUT2D eigenvalue weighted by Crippen LogP contribution is 2.24. The molecule has 8 nitrogen and oxygen atoms in total. The first kappa shape index (κ1) is 23.2. The van der Waals surface area contributed by atoms with Crippen molar-refractivity contribution in [1.29, 1.82) is 0 Å². The van der Waals surface area contributed by atoms with Crippen molar-refractivity contribution in [2.75, 3.05) is 13.2 Å². The highest BCUT2D eigenvalue weighted by atomic mass is 32.2. The lowest BCUT2D eigenvalue weighted by atomic mass is 10.0. The van der Waals surface area contributed by atoms with E-state index < -0.39 is 21.6 Å². The number of benzene rings is 2. The van der Waals surface area contributed by atoms with Crippen LogP contribution >= 0.6 is 0 Å². The number of ether oxygens (including phenoxy) is 2. The van der Waals surface area contributed by atoms with Crippen LogP contribution in [0.2, 0.25) is 0 Å². The zero-order valence-electron chi connectivity index (χ0n) is 18.4. The van der Waals surface area contributed by atoms with Gasteiger partial charge in [0, 0.05) is 30.2 Å². The van der Waals surface area contributed by atoms with Crippen molar-refractivity contribution in [2.45, 2.75) is 44.3 Å². The van der Waals surface area contributed by atoms with Gasteiger partial charge in [-0.2, -0.15) is 0 Å². The first-order chi connectivity index (χ1) is 15.7. The van der Waals surface area contributed by atoms with Crippen LogP contribution in [-0.4, -0.2) is 33.6 Å². The van der Waals surface area contributed by atoms with E-state index in [1.807, 2.05) is 26.0 Å². The Bertz CT molecular complexity index is 1340. The summed E-state index contributed by atoms with van der Waals surface area (Å²) in [5.74, 6) is -0.628. The molecular weight excluding hydrogens is 446 g/mol. The van der Waals surface area contributed by atoms with E-state index in [0.717, 1.165) is 24.0 Å². The Balaban J connectivity index is 1.44. The molecule has 1 aliphatic rings. The molecule has 33 heavy (non-hydrogen) atoms. The molecule has 1 N–H and O–H groups in total. The number of sulfonamides is 1. The Labute approximate surface area is 191 Å². The molecule has 9 heteroatoms. The van der Waals surface area contributed by atoms with Gasteiger partial charge in [0.15, 0.2) is 0 Å². The Kier molecular flexibility index (Phi) is 6.64. The fraction of sp³-hybridized carbons (Fsp3) is 0.333. The lowest BCUT2D eigenvalue weighted by Gasteiger charge is -2.12. The molecule has 1 atom stereocenters. The van der Waals surface area contributed by atoms with Gasteiger partial charge >= 0.3 is 11.6 Å². The molecule has 0 amide bonds. The second-order valence-electron chi connectivity index (χ2n) is 8.06. The maximum absolute atomic E-state index is 12.5. The number of nitrogens with one attached hydrogen (secondary N) is 1. The van der Waals surface area contributed by atoms with E-state index in [1.165, 1.54) is 30.3 Å². The van der Waals surface area contributed by atoms with Gasteiger partial charge < -0.3 is 13.9 Å². The van der Waals surface area contributed by atoms with E-state index in [1.54, 1.807) is 0 Å². The van der Waals surface area contributed by atoms with Gasteiger partial charge in [0.2, 0.25) is 10.0 Å². The monoisotopic (exact) mass is 471 g/mol. The van der Waals surface area contributed by atoms with Gasteiger partial charge in [-0.15, -0.1) is 0 Å². The average molecular weight is 472 g/mol. The summed E-state index contributed by atoms with van der Waals surface area (Å²) < 4.78 is 43.6. The van der Waals surface area contributed by atoms with Gasteiger partial charge in [0.1, 0.15) is 12.2 Å². The fourth-order valence-corrected chi connectivity index (χ4v) is 4.80. The molecule has 174 valence electrons. The van der Waals surface area contributed by atoms with E-state index in [4.69, 9.17) is 13.9 Å². The first-order valence-corrected chi connectivity index (χ1v) is 12.1. The lowest BCUT2D eigenvalue weighted by molar-refractivity contribution is 0.0473. The van der Waals surface area contributed by atoms with Gasteiger partial charge in [0.05, 0.1) is 16.6 Å². The molecule has 1 saturated heterocycles. The highest BCUT2D eigenvalue weighted by molar-refractivity contribution is 7.89. The van der Waals surface area contributed by atoms with Crippen molar-refractivity contribution in [3.8, 4) is 0 Å². The van der Waals surface area contributed by atoms with Crippen LogP contribution in [0.25, 0.3) is 11.0 Å². The standard InChI is InChI=1S/C24H25NO7S/c1-15-5-10-21-18(12-22(26)32-23(21)16(15)2)14-31-24(27)17-6-8-20(9-7-17)33(28,29)25-13-19-4-3-11-30-19/h5-10,12,19,25H,3-4,11,13-14H2,1-2H3/t19-/m1/s1. The minimum absolute atomic E-state index is 0.0505. The third kappa shape index (κ3) is 5.16. The lowest BCUT2D eigenvalue weighted by Crippen LogP contribution is -2.31. The average Bonchev–Trinajstić information content (AvgIpc) is 3.32. The molecule has 1 fully saturated rings. The van der Waals surface area contributed by atoms with Crippen LogP contribution < -0.4 is 10.3 Å². The Hall–Kier alpha value is -3.01. The molecule has 3 aromatic rings. The normalized spacial score (nSPS) is 16.2. The van der Waals surface area contributed by atoms with E-state index in [0.29, 0.717) is 23.1 Å². The van der Waals surface area contributed by atoms with E-state index >= 15 is 0 Å². The third-order valence-electron chi connectivity index (χ3n) is 5.80. The molecule has 4 rings (SSSR count). The van der Waals surface area contributed by atoms with Crippen molar-refractivity contribution in [2.24, 2.45) is 0 Å². The molecule has 2 heterocycles. The number of hydrogen-bond donors (Lipinski definition) is 1. The molecular formula is C24H25NO7S.